The van der Waals surface area contributed by atoms with E-state index in [-0.39, 0.29) is 23.8 Å². The average Bonchev–Trinajstić information content (AvgIpc) is 3.13. The smallest absolute Gasteiger partial charge is 0.255 e. The van der Waals surface area contributed by atoms with Crippen molar-refractivity contribution in [1.29, 1.82) is 0 Å². The van der Waals surface area contributed by atoms with Gasteiger partial charge in [-0.05, 0) is 43.9 Å². The molecule has 7 heteroatoms. The molecule has 2 saturated heterocycles. The molecule has 2 aliphatic rings. The lowest BCUT2D eigenvalue weighted by atomic mass is 9.95. The summed E-state index contributed by atoms with van der Waals surface area (Å²) < 4.78 is 5.52. The van der Waals surface area contributed by atoms with Gasteiger partial charge in [0.15, 0.2) is 0 Å². The Morgan fingerprint density at radius 3 is 2.60 bits per heavy atom. The van der Waals surface area contributed by atoms with Crippen LogP contribution < -0.4 is 5.32 Å². The number of carbonyl (C=O) groups excluding carboxylic acids is 2. The second-order valence-corrected chi connectivity index (χ2v) is 7.41. The summed E-state index contributed by atoms with van der Waals surface area (Å²) in [5.74, 6) is -0.0989. The number of halogens is 2. The number of ether oxygens (including phenoxy) is 1. The fourth-order valence-electron chi connectivity index (χ4n) is 3.34. The molecule has 2 fully saturated rings. The summed E-state index contributed by atoms with van der Waals surface area (Å²) in [6, 6.07) is 4.88. The molecule has 5 nitrogen and oxygen atoms in total. The zero-order chi connectivity index (χ0) is 17.8. The van der Waals surface area contributed by atoms with E-state index in [1.807, 2.05) is 0 Å². The zero-order valence-corrected chi connectivity index (χ0v) is 15.5. The SMILES string of the molecule is O=C(NC[C@H]1CCCO1)C1CCN(C(=O)c2ccc(Cl)cc2Cl)CC1. The molecule has 1 aromatic rings. The molecule has 2 heterocycles. The molecule has 0 aliphatic carbocycles. The Morgan fingerprint density at radius 1 is 1.20 bits per heavy atom. The van der Waals surface area contributed by atoms with Gasteiger partial charge in [-0.25, -0.2) is 0 Å². The maximum atomic E-state index is 12.6. The second kappa shape index (κ2) is 8.39. The Labute approximate surface area is 157 Å². The molecule has 0 bridgehead atoms. The zero-order valence-electron chi connectivity index (χ0n) is 14.0. The van der Waals surface area contributed by atoms with Gasteiger partial charge in [-0.1, -0.05) is 23.2 Å². The van der Waals surface area contributed by atoms with E-state index in [1.54, 1.807) is 23.1 Å². The topological polar surface area (TPSA) is 58.6 Å². The monoisotopic (exact) mass is 384 g/mol. The van der Waals surface area contributed by atoms with Gasteiger partial charge in [0.1, 0.15) is 0 Å². The Hall–Kier alpha value is -1.30. The van der Waals surface area contributed by atoms with Gasteiger partial charge in [0, 0.05) is 37.2 Å². The van der Waals surface area contributed by atoms with Gasteiger partial charge in [0.25, 0.3) is 5.91 Å². The standard InChI is InChI=1S/C18H22Cl2N2O3/c19-13-3-4-15(16(20)10-13)18(24)22-7-5-12(6-8-22)17(23)21-11-14-2-1-9-25-14/h3-4,10,12,14H,1-2,5-9,11H2,(H,21,23)/t14-/m1/s1. The molecule has 0 aromatic heterocycles. The fourth-order valence-corrected chi connectivity index (χ4v) is 3.83. The Morgan fingerprint density at radius 2 is 1.96 bits per heavy atom. The third-order valence-corrected chi connectivity index (χ3v) is 5.39. The summed E-state index contributed by atoms with van der Waals surface area (Å²) in [5, 5.41) is 3.84. The predicted octanol–water partition coefficient (Wildman–Crippen LogP) is 3.14. The number of rotatable bonds is 4. The first-order valence-corrected chi connectivity index (χ1v) is 9.44. The van der Waals surface area contributed by atoms with Gasteiger partial charge in [-0.3, -0.25) is 9.59 Å². The van der Waals surface area contributed by atoms with Crippen molar-refractivity contribution in [3.05, 3.63) is 33.8 Å². The van der Waals surface area contributed by atoms with Crippen LogP contribution in [0.3, 0.4) is 0 Å². The van der Waals surface area contributed by atoms with E-state index in [4.69, 9.17) is 27.9 Å². The van der Waals surface area contributed by atoms with Crippen LogP contribution in [0.2, 0.25) is 10.0 Å². The van der Waals surface area contributed by atoms with Crippen LogP contribution in [0, 0.1) is 5.92 Å². The van der Waals surface area contributed by atoms with Gasteiger partial charge in [0.05, 0.1) is 16.7 Å². The van der Waals surface area contributed by atoms with Crippen LogP contribution in [0.15, 0.2) is 18.2 Å². The lowest BCUT2D eigenvalue weighted by Gasteiger charge is -2.31. The normalized spacial score (nSPS) is 21.4. The van der Waals surface area contributed by atoms with Crippen molar-refractivity contribution in [2.75, 3.05) is 26.2 Å². The third-order valence-electron chi connectivity index (χ3n) is 4.84. The number of likely N-dealkylation sites (tertiary alicyclic amines) is 1. The van der Waals surface area contributed by atoms with Gasteiger partial charge in [-0.2, -0.15) is 0 Å². The number of nitrogens with zero attached hydrogens (tertiary/aromatic N) is 1. The van der Waals surface area contributed by atoms with Crippen LogP contribution in [-0.4, -0.2) is 49.1 Å². The number of amides is 2. The average molecular weight is 385 g/mol. The van der Waals surface area contributed by atoms with Gasteiger partial charge in [-0.15, -0.1) is 0 Å². The maximum Gasteiger partial charge on any atom is 0.255 e. The summed E-state index contributed by atoms with van der Waals surface area (Å²) in [4.78, 5) is 26.6. The Kier molecular flexibility index (Phi) is 6.20. The molecule has 3 rings (SSSR count). The molecule has 0 saturated carbocycles. The number of nitrogens with one attached hydrogen (secondary N) is 1. The second-order valence-electron chi connectivity index (χ2n) is 6.57. The third kappa shape index (κ3) is 4.66. The maximum absolute atomic E-state index is 12.6. The first-order valence-electron chi connectivity index (χ1n) is 8.68. The fraction of sp³-hybridized carbons (Fsp3) is 0.556. The molecule has 1 aromatic carbocycles. The molecule has 25 heavy (non-hydrogen) atoms. The van der Waals surface area contributed by atoms with Crippen molar-refractivity contribution in [1.82, 2.24) is 10.2 Å². The van der Waals surface area contributed by atoms with E-state index in [0.717, 1.165) is 19.4 Å². The van der Waals surface area contributed by atoms with Crippen molar-refractivity contribution in [2.45, 2.75) is 31.8 Å². The molecule has 1 atom stereocenters. The number of hydrogen-bond acceptors (Lipinski definition) is 3. The number of piperidine rings is 1. The highest BCUT2D eigenvalue weighted by Crippen LogP contribution is 2.25. The summed E-state index contributed by atoms with van der Waals surface area (Å²) in [5.41, 5.74) is 0.451. The van der Waals surface area contributed by atoms with Crippen molar-refractivity contribution >= 4 is 35.0 Å². The van der Waals surface area contributed by atoms with E-state index in [9.17, 15) is 9.59 Å². The van der Waals surface area contributed by atoms with Gasteiger partial charge in [0.2, 0.25) is 5.91 Å². The molecular weight excluding hydrogens is 363 g/mol. The first-order chi connectivity index (χ1) is 12.0. The van der Waals surface area contributed by atoms with Crippen molar-refractivity contribution < 1.29 is 14.3 Å². The van der Waals surface area contributed by atoms with Gasteiger partial charge < -0.3 is 15.0 Å². The number of carbonyl (C=O) groups is 2. The molecule has 0 radical (unpaired) electrons. The van der Waals surface area contributed by atoms with E-state index < -0.39 is 0 Å². The highest BCUT2D eigenvalue weighted by molar-refractivity contribution is 6.36. The molecule has 136 valence electrons. The summed E-state index contributed by atoms with van der Waals surface area (Å²) in [6.45, 7) is 2.47. The minimum atomic E-state index is -0.111. The lowest BCUT2D eigenvalue weighted by Crippen LogP contribution is -2.44. The molecule has 0 unspecified atom stereocenters. The Bertz CT molecular complexity index is 639. The molecule has 1 N–H and O–H groups in total. The largest absolute Gasteiger partial charge is 0.376 e. The quantitative estimate of drug-likeness (QED) is 0.867. The van der Waals surface area contributed by atoms with Crippen LogP contribution >= 0.6 is 23.2 Å². The van der Waals surface area contributed by atoms with Crippen LogP contribution in [-0.2, 0) is 9.53 Å². The van der Waals surface area contributed by atoms with Crippen LogP contribution in [0.4, 0.5) is 0 Å². The number of hydrogen-bond donors (Lipinski definition) is 1. The molecule has 2 amide bonds. The van der Waals surface area contributed by atoms with E-state index in [1.165, 1.54) is 0 Å². The summed E-state index contributed by atoms with van der Waals surface area (Å²) in [6.07, 6.45) is 3.55. The van der Waals surface area contributed by atoms with E-state index in [2.05, 4.69) is 5.32 Å². The van der Waals surface area contributed by atoms with Crippen LogP contribution in [0.25, 0.3) is 0 Å². The van der Waals surface area contributed by atoms with Crippen molar-refractivity contribution in [2.24, 2.45) is 5.92 Å². The van der Waals surface area contributed by atoms with E-state index >= 15 is 0 Å². The van der Waals surface area contributed by atoms with Crippen LogP contribution in [0.1, 0.15) is 36.0 Å². The molecular formula is C18H22Cl2N2O3. The minimum Gasteiger partial charge on any atom is -0.376 e. The summed E-state index contributed by atoms with van der Waals surface area (Å²) >= 11 is 12.0. The predicted molar refractivity (Wildman–Crippen MR) is 97.1 cm³/mol. The lowest BCUT2D eigenvalue weighted by molar-refractivity contribution is -0.126. The van der Waals surface area contributed by atoms with E-state index in [0.29, 0.717) is 48.1 Å². The van der Waals surface area contributed by atoms with Crippen molar-refractivity contribution in [3.63, 3.8) is 0 Å². The number of benzene rings is 1. The Balaban J connectivity index is 1.49. The molecule has 2 aliphatic heterocycles. The van der Waals surface area contributed by atoms with Gasteiger partial charge >= 0.3 is 0 Å². The first kappa shape index (κ1) is 18.5. The summed E-state index contributed by atoms with van der Waals surface area (Å²) in [7, 11) is 0. The highest BCUT2D eigenvalue weighted by Gasteiger charge is 2.29. The molecule has 0 spiro atoms. The van der Waals surface area contributed by atoms with Crippen LogP contribution in [0.5, 0.6) is 0 Å². The van der Waals surface area contributed by atoms with Crippen molar-refractivity contribution in [3.8, 4) is 0 Å². The highest BCUT2D eigenvalue weighted by atomic mass is 35.5. The minimum absolute atomic E-state index is 0.0499.